The van der Waals surface area contributed by atoms with Crippen LogP contribution in [0, 0.1) is 13.8 Å². The van der Waals surface area contributed by atoms with E-state index in [2.05, 4.69) is 68.2 Å². The van der Waals surface area contributed by atoms with Gasteiger partial charge >= 0.3 is 0 Å². The Morgan fingerprint density at radius 1 is 1.05 bits per heavy atom. The van der Waals surface area contributed by atoms with Crippen molar-refractivity contribution in [2.45, 2.75) is 39.7 Å². The number of benzene rings is 1. The molecule has 0 amide bonds. The van der Waals surface area contributed by atoms with Crippen LogP contribution in [0.3, 0.4) is 0 Å². The number of H-pyrrole nitrogens is 1. The van der Waals surface area contributed by atoms with Gasteiger partial charge in [-0.15, -0.1) is 0 Å². The lowest BCUT2D eigenvalue weighted by Gasteiger charge is -2.26. The fourth-order valence-electron chi connectivity index (χ4n) is 5.21. The van der Waals surface area contributed by atoms with Crippen molar-refractivity contribution < 1.29 is 0 Å². The van der Waals surface area contributed by atoms with Crippen LogP contribution < -0.4 is 5.32 Å². The summed E-state index contributed by atoms with van der Waals surface area (Å²) in [6, 6.07) is 10.4. The van der Waals surface area contributed by atoms with Crippen molar-refractivity contribution in [3.63, 3.8) is 0 Å². The minimum Gasteiger partial charge on any atom is -0.354 e. The van der Waals surface area contributed by atoms with Crippen LogP contribution >= 0.6 is 0 Å². The summed E-state index contributed by atoms with van der Waals surface area (Å²) in [4.78, 5) is 16.1. The predicted octanol–water partition coefficient (Wildman–Crippen LogP) is 5.89. The molecule has 0 atom stereocenters. The van der Waals surface area contributed by atoms with Gasteiger partial charge in [-0.1, -0.05) is 19.1 Å². The van der Waals surface area contributed by atoms with Crippen LogP contribution in [0.15, 0.2) is 68.0 Å². The fourth-order valence-corrected chi connectivity index (χ4v) is 5.21. The fraction of sp³-hybridized carbons (Fsp3) is 0.267. The van der Waals surface area contributed by atoms with Gasteiger partial charge in [0.05, 0.1) is 40.8 Å². The van der Waals surface area contributed by atoms with Crippen LogP contribution in [0.2, 0.25) is 0 Å². The Labute approximate surface area is 222 Å². The minimum atomic E-state index is 0.715. The number of aromatic nitrogens is 6. The first-order valence-electron chi connectivity index (χ1n) is 13.1. The van der Waals surface area contributed by atoms with Crippen LogP contribution in [0.25, 0.3) is 33.5 Å². The van der Waals surface area contributed by atoms with Crippen molar-refractivity contribution in [1.82, 2.24) is 34.6 Å². The number of fused-ring (bicyclic) bond motifs is 1. The van der Waals surface area contributed by atoms with Crippen molar-refractivity contribution in [3.8, 4) is 16.9 Å². The highest BCUT2D eigenvalue weighted by atomic mass is 15.1. The summed E-state index contributed by atoms with van der Waals surface area (Å²) >= 11 is 0. The minimum absolute atomic E-state index is 0.715. The molecule has 0 aliphatic carbocycles. The number of nitrogens with zero attached hydrogens (tertiary/aromatic N) is 6. The Morgan fingerprint density at radius 2 is 1.92 bits per heavy atom. The molecule has 2 N–H and O–H groups in total. The average molecular weight is 505 g/mol. The summed E-state index contributed by atoms with van der Waals surface area (Å²) in [7, 11) is 0. The topological polar surface area (TPSA) is 87.5 Å². The van der Waals surface area contributed by atoms with Crippen molar-refractivity contribution >= 4 is 22.3 Å². The van der Waals surface area contributed by atoms with Gasteiger partial charge in [0.15, 0.2) is 0 Å². The summed E-state index contributed by atoms with van der Waals surface area (Å²) in [6.45, 7) is 11.6. The second-order valence-corrected chi connectivity index (χ2v) is 10.1. The zero-order chi connectivity index (χ0) is 26.1. The lowest BCUT2D eigenvalue weighted by molar-refractivity contribution is 0.220. The first-order valence-corrected chi connectivity index (χ1v) is 13.1. The van der Waals surface area contributed by atoms with Gasteiger partial charge in [0.1, 0.15) is 5.69 Å². The Bertz CT molecular complexity index is 1610. The number of aryl methyl sites for hydroxylation is 1. The number of anilines is 1. The highest BCUT2D eigenvalue weighted by Gasteiger charge is 2.15. The van der Waals surface area contributed by atoms with E-state index in [9.17, 15) is 0 Å². The number of aromatic amines is 1. The van der Waals surface area contributed by atoms with Crippen molar-refractivity contribution in [1.29, 1.82) is 0 Å². The number of piperidine rings is 1. The third kappa shape index (κ3) is 4.82. The second-order valence-electron chi connectivity index (χ2n) is 10.1. The van der Waals surface area contributed by atoms with Gasteiger partial charge in [-0.3, -0.25) is 20.0 Å². The van der Waals surface area contributed by atoms with E-state index in [-0.39, 0.29) is 0 Å². The van der Waals surface area contributed by atoms with Gasteiger partial charge < -0.3 is 9.88 Å². The summed E-state index contributed by atoms with van der Waals surface area (Å²) in [5, 5.41) is 12.1. The highest BCUT2D eigenvalue weighted by molar-refractivity contribution is 5.94. The van der Waals surface area contributed by atoms with Gasteiger partial charge in [0, 0.05) is 41.8 Å². The van der Waals surface area contributed by atoms with E-state index in [1.807, 2.05) is 48.7 Å². The molecule has 0 unspecified atom stereocenters. The number of rotatable bonds is 7. The molecule has 4 aromatic heterocycles. The molecule has 0 bridgehead atoms. The molecule has 1 aliphatic heterocycles. The third-order valence-corrected chi connectivity index (χ3v) is 7.26. The molecule has 1 saturated heterocycles. The number of pyridine rings is 2. The molecular formula is C30H32N8. The van der Waals surface area contributed by atoms with E-state index in [0.717, 1.165) is 70.1 Å². The molecule has 38 heavy (non-hydrogen) atoms. The van der Waals surface area contributed by atoms with Crippen molar-refractivity contribution in [2.75, 3.05) is 18.4 Å². The molecule has 0 spiro atoms. The molecule has 8 heteroatoms. The first-order chi connectivity index (χ1) is 18.5. The molecule has 6 rings (SSSR count). The largest absolute Gasteiger partial charge is 0.354 e. The van der Waals surface area contributed by atoms with E-state index in [1.54, 1.807) is 0 Å². The van der Waals surface area contributed by atoms with Crippen LogP contribution in [0.5, 0.6) is 0 Å². The third-order valence-electron chi connectivity index (χ3n) is 7.26. The summed E-state index contributed by atoms with van der Waals surface area (Å²) in [6.07, 6.45) is 13.4. The standard InChI is InChI=1S/C30H32N8/c1-20-17-38(19-33-20)29-9-7-8-26(21(29)2)34-22(3)30-25-13-27(32-16-28(25)35-36-30)24-12-23(14-31-15-24)18-37-10-5-4-6-11-37/h7-9,12-17,19,34H,3-6,10-11,18H2,1-2H3,(H,35,36). The van der Waals surface area contributed by atoms with E-state index in [0.29, 0.717) is 5.70 Å². The smallest absolute Gasteiger partial charge is 0.116 e. The lowest BCUT2D eigenvalue weighted by atomic mass is 10.1. The molecule has 0 saturated carbocycles. The lowest BCUT2D eigenvalue weighted by Crippen LogP contribution is -2.29. The average Bonchev–Trinajstić information content (AvgIpc) is 3.56. The van der Waals surface area contributed by atoms with Crippen LogP contribution in [-0.2, 0) is 6.54 Å². The summed E-state index contributed by atoms with van der Waals surface area (Å²) < 4.78 is 2.04. The first kappa shape index (κ1) is 24.1. The number of hydrogen-bond acceptors (Lipinski definition) is 6. The van der Waals surface area contributed by atoms with Gasteiger partial charge in [0.25, 0.3) is 0 Å². The van der Waals surface area contributed by atoms with Gasteiger partial charge in [-0.05, 0) is 75.2 Å². The summed E-state index contributed by atoms with van der Waals surface area (Å²) in [5.74, 6) is 0. The van der Waals surface area contributed by atoms with E-state index in [4.69, 9.17) is 4.98 Å². The van der Waals surface area contributed by atoms with Gasteiger partial charge in [-0.25, -0.2) is 4.98 Å². The van der Waals surface area contributed by atoms with Crippen LogP contribution in [0.4, 0.5) is 5.69 Å². The molecule has 1 aromatic carbocycles. The molecular weight excluding hydrogens is 472 g/mol. The van der Waals surface area contributed by atoms with Crippen molar-refractivity contribution in [3.05, 3.63) is 90.5 Å². The van der Waals surface area contributed by atoms with E-state index in [1.165, 1.54) is 24.8 Å². The van der Waals surface area contributed by atoms with Crippen molar-refractivity contribution in [2.24, 2.45) is 0 Å². The molecule has 192 valence electrons. The zero-order valence-corrected chi connectivity index (χ0v) is 21.9. The molecule has 1 aliphatic rings. The van der Waals surface area contributed by atoms with E-state index >= 15 is 0 Å². The molecule has 5 aromatic rings. The predicted molar refractivity (Wildman–Crippen MR) is 152 cm³/mol. The Balaban J connectivity index is 1.26. The Morgan fingerprint density at radius 3 is 2.74 bits per heavy atom. The molecule has 0 radical (unpaired) electrons. The van der Waals surface area contributed by atoms with Crippen LogP contribution in [-0.4, -0.2) is 47.7 Å². The number of likely N-dealkylation sites (tertiary alicyclic amines) is 1. The number of imidazole rings is 1. The normalized spacial score (nSPS) is 14.2. The zero-order valence-electron chi connectivity index (χ0n) is 21.9. The SMILES string of the molecule is C=C(Nc1cccc(-n2cnc(C)c2)c1C)c1n[nH]c2cnc(-c3cncc(CN4CCCCC4)c3)cc12. The Hall–Kier alpha value is -4.30. The second kappa shape index (κ2) is 10.2. The van der Waals surface area contributed by atoms with Crippen LogP contribution in [0.1, 0.15) is 41.8 Å². The maximum absolute atomic E-state index is 4.70. The monoisotopic (exact) mass is 504 g/mol. The quantitative estimate of drug-likeness (QED) is 0.287. The maximum Gasteiger partial charge on any atom is 0.116 e. The molecule has 1 fully saturated rings. The number of nitrogens with one attached hydrogen (secondary N) is 2. The maximum atomic E-state index is 4.70. The molecule has 5 heterocycles. The number of hydrogen-bond donors (Lipinski definition) is 2. The highest BCUT2D eigenvalue weighted by Crippen LogP contribution is 2.29. The van der Waals surface area contributed by atoms with Gasteiger partial charge in [-0.2, -0.15) is 5.10 Å². The Kier molecular flexibility index (Phi) is 6.47. The van der Waals surface area contributed by atoms with Gasteiger partial charge in [0.2, 0.25) is 0 Å². The molecule has 8 nitrogen and oxygen atoms in total. The summed E-state index contributed by atoms with van der Waals surface area (Å²) in [5.41, 5.74) is 9.56. The van der Waals surface area contributed by atoms with E-state index < -0.39 is 0 Å².